The maximum absolute atomic E-state index is 13.6. The Bertz CT molecular complexity index is 1540. The van der Waals surface area contributed by atoms with Gasteiger partial charge in [0, 0.05) is 17.8 Å². The molecule has 1 amide bonds. The fourth-order valence-corrected chi connectivity index (χ4v) is 4.35. The van der Waals surface area contributed by atoms with Crippen LogP contribution in [0.3, 0.4) is 0 Å². The van der Waals surface area contributed by atoms with Gasteiger partial charge in [-0.05, 0) is 61.7 Å². The van der Waals surface area contributed by atoms with E-state index in [1.54, 1.807) is 24.3 Å². The molecule has 0 bridgehead atoms. The van der Waals surface area contributed by atoms with E-state index >= 15 is 0 Å². The van der Waals surface area contributed by atoms with Gasteiger partial charge in [-0.1, -0.05) is 29.8 Å². The van der Waals surface area contributed by atoms with Crippen molar-refractivity contribution >= 4 is 28.3 Å². The van der Waals surface area contributed by atoms with Crippen LogP contribution in [0.1, 0.15) is 44.4 Å². The number of rotatable bonds is 3. The van der Waals surface area contributed by atoms with Gasteiger partial charge >= 0.3 is 0 Å². The zero-order valence-corrected chi connectivity index (χ0v) is 18.3. The third-order valence-corrected chi connectivity index (χ3v) is 6.19. The van der Waals surface area contributed by atoms with E-state index in [1.807, 2.05) is 45.0 Å². The lowest BCUT2D eigenvalue weighted by Crippen LogP contribution is -2.29. The highest BCUT2D eigenvalue weighted by atomic mass is 16.6. The highest BCUT2D eigenvalue weighted by Gasteiger charge is 2.44. The Labute approximate surface area is 189 Å². The van der Waals surface area contributed by atoms with Crippen LogP contribution in [-0.4, -0.2) is 10.8 Å². The molecule has 5 rings (SSSR count). The molecule has 164 valence electrons. The van der Waals surface area contributed by atoms with Crippen LogP contribution in [0.15, 0.2) is 69.9 Å². The van der Waals surface area contributed by atoms with Crippen LogP contribution < -0.4 is 10.3 Å². The molecule has 0 fully saturated rings. The van der Waals surface area contributed by atoms with E-state index in [0.717, 1.165) is 16.7 Å². The molecule has 1 atom stereocenters. The number of nitrogens with zero attached hydrogens (tertiary/aromatic N) is 2. The van der Waals surface area contributed by atoms with Crippen molar-refractivity contribution in [3.63, 3.8) is 0 Å². The SMILES string of the molecule is Cc1ccc2oc3c(c(=O)c2c1)C(c1cccc([N+](=O)[O-])c1)N(c1ccc(C)c(C)c1)C3=O. The second-order valence-electron chi connectivity index (χ2n) is 8.37. The number of hydrogen-bond acceptors (Lipinski definition) is 5. The standard InChI is InChI=1S/C26H20N2O5/c1-14-7-10-21-20(11-14)24(29)22-23(17-5-4-6-19(13-17)28(31)32)27(26(30)25(22)33-21)18-9-8-15(2)16(3)12-18/h4-13,23H,1-3H3. The number of non-ortho nitro benzene ring substituents is 1. The number of aryl methyl sites for hydroxylation is 3. The van der Waals surface area contributed by atoms with Gasteiger partial charge in [0.05, 0.1) is 21.9 Å². The first kappa shape index (κ1) is 20.6. The highest BCUT2D eigenvalue weighted by Crippen LogP contribution is 2.42. The molecular weight excluding hydrogens is 420 g/mol. The Balaban J connectivity index is 1.83. The van der Waals surface area contributed by atoms with Crippen LogP contribution in [-0.2, 0) is 0 Å². The first-order valence-corrected chi connectivity index (χ1v) is 10.5. The minimum Gasteiger partial charge on any atom is -0.450 e. The second-order valence-corrected chi connectivity index (χ2v) is 8.37. The minimum absolute atomic E-state index is 0.0360. The third kappa shape index (κ3) is 3.20. The van der Waals surface area contributed by atoms with Crippen molar-refractivity contribution in [1.82, 2.24) is 0 Å². The lowest BCUT2D eigenvalue weighted by atomic mass is 9.97. The summed E-state index contributed by atoms with van der Waals surface area (Å²) in [6.07, 6.45) is 0. The lowest BCUT2D eigenvalue weighted by molar-refractivity contribution is -0.384. The number of amides is 1. The predicted octanol–water partition coefficient (Wildman–Crippen LogP) is 5.38. The predicted molar refractivity (Wildman–Crippen MR) is 125 cm³/mol. The molecule has 1 aromatic heterocycles. The van der Waals surface area contributed by atoms with Crippen molar-refractivity contribution in [3.8, 4) is 0 Å². The summed E-state index contributed by atoms with van der Waals surface area (Å²) < 4.78 is 5.96. The van der Waals surface area contributed by atoms with Crippen LogP contribution in [0.5, 0.6) is 0 Å². The van der Waals surface area contributed by atoms with Crippen molar-refractivity contribution < 1.29 is 14.1 Å². The second kappa shape index (κ2) is 7.41. The van der Waals surface area contributed by atoms with E-state index in [2.05, 4.69) is 0 Å². The van der Waals surface area contributed by atoms with Crippen molar-refractivity contribution in [2.24, 2.45) is 0 Å². The molecule has 0 saturated carbocycles. The molecule has 0 saturated heterocycles. The topological polar surface area (TPSA) is 93.7 Å². The van der Waals surface area contributed by atoms with Gasteiger partial charge < -0.3 is 4.42 Å². The number of benzene rings is 3. The molecule has 1 aliphatic rings. The largest absolute Gasteiger partial charge is 0.450 e. The Morgan fingerprint density at radius 1 is 0.939 bits per heavy atom. The van der Waals surface area contributed by atoms with Crippen molar-refractivity contribution in [3.05, 3.63) is 115 Å². The van der Waals surface area contributed by atoms with E-state index in [1.165, 1.54) is 17.0 Å². The van der Waals surface area contributed by atoms with Gasteiger partial charge in [-0.15, -0.1) is 0 Å². The maximum atomic E-state index is 13.6. The Hall–Kier alpha value is -4.26. The summed E-state index contributed by atoms with van der Waals surface area (Å²) in [5.41, 5.74) is 4.07. The van der Waals surface area contributed by atoms with Crippen LogP contribution in [0.2, 0.25) is 0 Å². The van der Waals surface area contributed by atoms with Gasteiger partial charge in [-0.3, -0.25) is 24.6 Å². The summed E-state index contributed by atoms with van der Waals surface area (Å²) in [6, 6.07) is 16.0. The average Bonchev–Trinajstić information content (AvgIpc) is 3.09. The zero-order valence-electron chi connectivity index (χ0n) is 18.3. The molecule has 4 aromatic rings. The Morgan fingerprint density at radius 2 is 1.73 bits per heavy atom. The average molecular weight is 440 g/mol. The molecule has 2 heterocycles. The van der Waals surface area contributed by atoms with Gasteiger partial charge in [0.15, 0.2) is 5.43 Å². The Morgan fingerprint density at radius 3 is 2.45 bits per heavy atom. The van der Waals surface area contributed by atoms with E-state index < -0.39 is 16.9 Å². The van der Waals surface area contributed by atoms with Crippen molar-refractivity contribution in [2.45, 2.75) is 26.8 Å². The number of carbonyl (C=O) groups is 1. The number of hydrogen-bond donors (Lipinski definition) is 0. The molecule has 7 heteroatoms. The molecule has 33 heavy (non-hydrogen) atoms. The number of carbonyl (C=O) groups excluding carboxylic acids is 1. The Kier molecular flexibility index (Phi) is 4.63. The molecule has 0 radical (unpaired) electrons. The van der Waals surface area contributed by atoms with Gasteiger partial charge in [0.1, 0.15) is 5.58 Å². The summed E-state index contributed by atoms with van der Waals surface area (Å²) in [7, 11) is 0. The van der Waals surface area contributed by atoms with Crippen LogP contribution >= 0.6 is 0 Å². The van der Waals surface area contributed by atoms with Crippen LogP contribution in [0.4, 0.5) is 11.4 Å². The van der Waals surface area contributed by atoms with Crippen LogP contribution in [0, 0.1) is 30.9 Å². The molecule has 0 aliphatic carbocycles. The van der Waals surface area contributed by atoms with Crippen molar-refractivity contribution in [1.29, 1.82) is 0 Å². The van der Waals surface area contributed by atoms with Gasteiger partial charge in [-0.25, -0.2) is 0 Å². The molecule has 0 N–H and O–H groups in total. The quantitative estimate of drug-likeness (QED) is 0.315. The fraction of sp³-hybridized carbons (Fsp3) is 0.154. The molecule has 1 aliphatic heterocycles. The van der Waals surface area contributed by atoms with E-state index in [4.69, 9.17) is 4.42 Å². The summed E-state index contributed by atoms with van der Waals surface area (Å²) >= 11 is 0. The fourth-order valence-electron chi connectivity index (χ4n) is 4.35. The number of fused-ring (bicyclic) bond motifs is 2. The number of anilines is 1. The van der Waals surface area contributed by atoms with E-state index in [0.29, 0.717) is 22.2 Å². The first-order valence-electron chi connectivity index (χ1n) is 10.5. The monoisotopic (exact) mass is 440 g/mol. The molecule has 3 aromatic carbocycles. The van der Waals surface area contributed by atoms with Gasteiger partial charge in [0.25, 0.3) is 11.6 Å². The molecule has 1 unspecified atom stereocenters. The number of nitro groups is 1. The summed E-state index contributed by atoms with van der Waals surface area (Å²) in [6.45, 7) is 5.78. The summed E-state index contributed by atoms with van der Waals surface area (Å²) in [4.78, 5) is 39.7. The lowest BCUT2D eigenvalue weighted by Gasteiger charge is -2.25. The normalized spacial score (nSPS) is 15.2. The maximum Gasteiger partial charge on any atom is 0.295 e. The van der Waals surface area contributed by atoms with Crippen LogP contribution in [0.25, 0.3) is 11.0 Å². The minimum atomic E-state index is -0.851. The van der Waals surface area contributed by atoms with E-state index in [9.17, 15) is 19.7 Å². The van der Waals surface area contributed by atoms with Gasteiger partial charge in [0.2, 0.25) is 5.76 Å². The van der Waals surface area contributed by atoms with E-state index in [-0.39, 0.29) is 22.4 Å². The summed E-state index contributed by atoms with van der Waals surface area (Å²) in [5.74, 6) is -0.490. The number of nitro benzene ring substituents is 1. The van der Waals surface area contributed by atoms with Gasteiger partial charge in [-0.2, -0.15) is 0 Å². The molecule has 7 nitrogen and oxygen atoms in total. The highest BCUT2D eigenvalue weighted by molar-refractivity contribution is 6.10. The molecule has 0 spiro atoms. The molecular formula is C26H20N2O5. The zero-order chi connectivity index (χ0) is 23.4. The third-order valence-electron chi connectivity index (χ3n) is 6.19. The summed E-state index contributed by atoms with van der Waals surface area (Å²) in [5, 5.41) is 11.8. The smallest absolute Gasteiger partial charge is 0.295 e. The first-order chi connectivity index (χ1) is 15.8. The van der Waals surface area contributed by atoms with Crippen molar-refractivity contribution in [2.75, 3.05) is 4.90 Å².